The predicted octanol–water partition coefficient (Wildman–Crippen LogP) is 0.813. The number of aliphatic hydroxyl groups is 1. The van der Waals surface area contributed by atoms with Crippen LogP contribution >= 0.6 is 0 Å². The lowest BCUT2D eigenvalue weighted by Crippen LogP contribution is -2.45. The summed E-state index contributed by atoms with van der Waals surface area (Å²) >= 11 is 0. The highest BCUT2D eigenvalue weighted by molar-refractivity contribution is 7.89. The minimum atomic E-state index is -3.69. The molecule has 3 N–H and O–H groups in total. The van der Waals surface area contributed by atoms with Gasteiger partial charge in [0.1, 0.15) is 10.6 Å². The smallest absolute Gasteiger partial charge is 0.245 e. The summed E-state index contributed by atoms with van der Waals surface area (Å²) in [4.78, 5) is 0.0682. The maximum Gasteiger partial charge on any atom is 0.245 e. The first-order chi connectivity index (χ1) is 9.50. The van der Waals surface area contributed by atoms with Crippen LogP contribution in [0.25, 0.3) is 0 Å². The SMILES string of the molecule is COc1ccc(S(=O)(=O)N(CCO)C2CCC2)c(N)c1. The van der Waals surface area contributed by atoms with Gasteiger partial charge in [-0.2, -0.15) is 4.31 Å². The molecule has 112 valence electrons. The van der Waals surface area contributed by atoms with Crippen LogP contribution < -0.4 is 10.5 Å². The van der Waals surface area contributed by atoms with Gasteiger partial charge in [-0.25, -0.2) is 8.42 Å². The van der Waals surface area contributed by atoms with Gasteiger partial charge in [0, 0.05) is 18.7 Å². The van der Waals surface area contributed by atoms with E-state index in [0.29, 0.717) is 5.75 Å². The zero-order valence-electron chi connectivity index (χ0n) is 11.4. The lowest BCUT2D eigenvalue weighted by molar-refractivity contribution is 0.178. The number of nitrogens with two attached hydrogens (primary N) is 1. The Kier molecular flexibility index (Phi) is 4.52. The minimum Gasteiger partial charge on any atom is -0.497 e. The van der Waals surface area contributed by atoms with Crippen LogP contribution in [0.4, 0.5) is 5.69 Å². The number of anilines is 1. The standard InChI is InChI=1S/C13H20N2O4S/c1-19-11-5-6-13(12(14)9-11)20(17,18)15(7-8-16)10-3-2-4-10/h5-6,9-10,16H,2-4,7-8,14H2,1H3. The van der Waals surface area contributed by atoms with E-state index in [4.69, 9.17) is 15.6 Å². The Morgan fingerprint density at radius 3 is 2.60 bits per heavy atom. The lowest BCUT2D eigenvalue weighted by atomic mass is 9.93. The summed E-state index contributed by atoms with van der Waals surface area (Å²) < 4.78 is 31.7. The number of rotatable bonds is 6. The number of nitrogen functional groups attached to an aromatic ring is 1. The van der Waals surface area contributed by atoms with Crippen LogP contribution in [-0.4, -0.2) is 44.1 Å². The van der Waals surface area contributed by atoms with Crippen molar-refractivity contribution in [1.29, 1.82) is 0 Å². The molecule has 0 bridgehead atoms. The van der Waals surface area contributed by atoms with Crippen LogP contribution in [-0.2, 0) is 10.0 Å². The van der Waals surface area contributed by atoms with Crippen molar-refractivity contribution in [2.24, 2.45) is 0 Å². The number of methoxy groups -OCH3 is 1. The lowest BCUT2D eigenvalue weighted by Gasteiger charge is -2.36. The molecule has 1 aliphatic carbocycles. The van der Waals surface area contributed by atoms with E-state index in [0.717, 1.165) is 19.3 Å². The maximum absolute atomic E-state index is 12.7. The van der Waals surface area contributed by atoms with Crippen molar-refractivity contribution in [3.8, 4) is 5.75 Å². The van der Waals surface area contributed by atoms with Gasteiger partial charge < -0.3 is 15.6 Å². The zero-order chi connectivity index (χ0) is 14.8. The molecular formula is C13H20N2O4S. The molecule has 1 aliphatic rings. The molecule has 0 amide bonds. The molecule has 6 nitrogen and oxygen atoms in total. The summed E-state index contributed by atoms with van der Waals surface area (Å²) in [6.45, 7) is -0.107. The predicted molar refractivity (Wildman–Crippen MR) is 76.0 cm³/mol. The molecule has 0 heterocycles. The fourth-order valence-electron chi connectivity index (χ4n) is 2.29. The zero-order valence-corrected chi connectivity index (χ0v) is 12.3. The Labute approximate surface area is 119 Å². The summed E-state index contributed by atoms with van der Waals surface area (Å²) in [5, 5.41) is 9.11. The molecule has 1 saturated carbocycles. The highest BCUT2D eigenvalue weighted by Crippen LogP contribution is 2.32. The van der Waals surface area contributed by atoms with Crippen LogP contribution in [0.3, 0.4) is 0 Å². The molecule has 0 radical (unpaired) electrons. The first-order valence-corrected chi connectivity index (χ1v) is 8.01. The van der Waals surface area contributed by atoms with Crippen LogP contribution in [0.2, 0.25) is 0 Å². The number of nitrogens with zero attached hydrogens (tertiary/aromatic N) is 1. The van der Waals surface area contributed by atoms with Crippen molar-refractivity contribution < 1.29 is 18.3 Å². The molecule has 0 saturated heterocycles. The molecule has 20 heavy (non-hydrogen) atoms. The van der Waals surface area contributed by atoms with E-state index in [1.807, 2.05) is 0 Å². The number of hydrogen-bond acceptors (Lipinski definition) is 5. The summed E-state index contributed by atoms with van der Waals surface area (Å²) in [5.41, 5.74) is 5.99. The average Bonchev–Trinajstić information content (AvgIpc) is 2.35. The van der Waals surface area contributed by atoms with Crippen molar-refractivity contribution in [2.75, 3.05) is 26.0 Å². The largest absolute Gasteiger partial charge is 0.497 e. The fourth-order valence-corrected chi connectivity index (χ4v) is 4.06. The minimum absolute atomic E-state index is 0.0337. The molecule has 1 aromatic carbocycles. The van der Waals surface area contributed by atoms with Gasteiger partial charge in [-0.3, -0.25) is 0 Å². The van der Waals surface area contributed by atoms with E-state index in [1.54, 1.807) is 6.07 Å². The Bertz CT molecular complexity index is 570. The summed E-state index contributed by atoms with van der Waals surface area (Å²) in [5.74, 6) is 0.513. The molecule has 1 fully saturated rings. The van der Waals surface area contributed by atoms with Gasteiger partial charge in [0.25, 0.3) is 0 Å². The molecule has 0 aromatic heterocycles. The average molecular weight is 300 g/mol. The maximum atomic E-state index is 12.7. The third kappa shape index (κ3) is 2.74. The van der Waals surface area contributed by atoms with Gasteiger partial charge in [-0.15, -0.1) is 0 Å². The molecular weight excluding hydrogens is 280 g/mol. The summed E-state index contributed by atoms with van der Waals surface area (Å²) in [6.07, 6.45) is 2.67. The molecule has 0 aliphatic heterocycles. The van der Waals surface area contributed by atoms with E-state index in [-0.39, 0.29) is 29.8 Å². The van der Waals surface area contributed by atoms with Crippen molar-refractivity contribution in [1.82, 2.24) is 4.31 Å². The Balaban J connectivity index is 2.36. The van der Waals surface area contributed by atoms with E-state index in [1.165, 1.54) is 23.5 Å². The first kappa shape index (κ1) is 15.1. The van der Waals surface area contributed by atoms with E-state index < -0.39 is 10.0 Å². The number of benzene rings is 1. The molecule has 7 heteroatoms. The van der Waals surface area contributed by atoms with E-state index in [9.17, 15) is 8.42 Å². The van der Waals surface area contributed by atoms with E-state index >= 15 is 0 Å². The van der Waals surface area contributed by atoms with Crippen molar-refractivity contribution in [3.63, 3.8) is 0 Å². The number of hydrogen-bond donors (Lipinski definition) is 2. The first-order valence-electron chi connectivity index (χ1n) is 6.57. The molecule has 0 spiro atoms. The second kappa shape index (κ2) is 5.99. The van der Waals surface area contributed by atoms with Gasteiger partial charge in [-0.05, 0) is 25.0 Å². The second-order valence-corrected chi connectivity index (χ2v) is 6.69. The molecule has 2 rings (SSSR count). The molecule has 0 atom stereocenters. The Morgan fingerprint density at radius 1 is 1.45 bits per heavy atom. The van der Waals surface area contributed by atoms with Gasteiger partial charge in [0.05, 0.1) is 19.4 Å². The van der Waals surface area contributed by atoms with Crippen LogP contribution in [0.15, 0.2) is 23.1 Å². The van der Waals surface area contributed by atoms with Crippen molar-refractivity contribution >= 4 is 15.7 Å². The number of sulfonamides is 1. The topological polar surface area (TPSA) is 92.9 Å². The van der Waals surface area contributed by atoms with Crippen LogP contribution in [0, 0.1) is 0 Å². The summed E-state index contributed by atoms with van der Waals surface area (Å²) in [7, 11) is -2.19. The molecule has 0 unspecified atom stereocenters. The third-order valence-corrected chi connectivity index (χ3v) is 5.63. The highest BCUT2D eigenvalue weighted by atomic mass is 32.2. The molecule has 1 aromatic rings. The van der Waals surface area contributed by atoms with Crippen molar-refractivity contribution in [3.05, 3.63) is 18.2 Å². The fraction of sp³-hybridized carbons (Fsp3) is 0.538. The van der Waals surface area contributed by atoms with Crippen LogP contribution in [0.1, 0.15) is 19.3 Å². The van der Waals surface area contributed by atoms with Gasteiger partial charge in [-0.1, -0.05) is 6.42 Å². The summed E-state index contributed by atoms with van der Waals surface area (Å²) in [6, 6.07) is 4.48. The van der Waals surface area contributed by atoms with E-state index in [2.05, 4.69) is 0 Å². The van der Waals surface area contributed by atoms with Crippen molar-refractivity contribution in [2.45, 2.75) is 30.2 Å². The highest BCUT2D eigenvalue weighted by Gasteiger charge is 2.35. The van der Waals surface area contributed by atoms with Gasteiger partial charge in [0.15, 0.2) is 0 Å². The second-order valence-electron chi connectivity index (χ2n) is 4.83. The Morgan fingerprint density at radius 2 is 2.15 bits per heavy atom. The number of ether oxygens (including phenoxy) is 1. The van der Waals surface area contributed by atoms with Crippen LogP contribution in [0.5, 0.6) is 5.75 Å². The van der Waals surface area contributed by atoms with Gasteiger partial charge >= 0.3 is 0 Å². The normalized spacial score (nSPS) is 16.1. The Hall–Kier alpha value is -1.31. The van der Waals surface area contributed by atoms with Gasteiger partial charge in [0.2, 0.25) is 10.0 Å². The monoisotopic (exact) mass is 300 g/mol. The third-order valence-electron chi connectivity index (χ3n) is 3.61. The number of aliphatic hydroxyl groups excluding tert-OH is 1. The quantitative estimate of drug-likeness (QED) is 0.759.